The van der Waals surface area contributed by atoms with Crippen molar-refractivity contribution in [3.05, 3.63) is 59.7 Å². The summed E-state index contributed by atoms with van der Waals surface area (Å²) in [5, 5.41) is 3.74. The largest absolute Gasteiger partial charge is 0.306 e. The zero-order valence-electron chi connectivity index (χ0n) is 11.7. The molecule has 0 spiro atoms. The van der Waals surface area contributed by atoms with Gasteiger partial charge >= 0.3 is 0 Å². The summed E-state index contributed by atoms with van der Waals surface area (Å²) in [7, 11) is 0. The third-order valence-corrected chi connectivity index (χ3v) is 4.20. The Kier molecular flexibility index (Phi) is 3.39. The van der Waals surface area contributed by atoms with Gasteiger partial charge in [0, 0.05) is 0 Å². The summed E-state index contributed by atoms with van der Waals surface area (Å²) in [4.78, 5) is 0. The molecular formula is C18H21N. The molecular weight excluding hydrogens is 230 g/mol. The fourth-order valence-electron chi connectivity index (χ4n) is 2.84. The summed E-state index contributed by atoms with van der Waals surface area (Å²) in [6, 6.07) is 17.9. The third kappa shape index (κ3) is 2.19. The average molecular weight is 251 g/mol. The number of fused-ring (bicyclic) bond motifs is 3. The number of hydrogen-bond acceptors (Lipinski definition) is 1. The molecule has 1 atom stereocenters. The van der Waals surface area contributed by atoms with Crippen molar-refractivity contribution in [3.8, 4) is 11.1 Å². The van der Waals surface area contributed by atoms with E-state index in [4.69, 9.17) is 0 Å². The first-order chi connectivity index (χ1) is 9.31. The van der Waals surface area contributed by atoms with E-state index in [2.05, 4.69) is 67.7 Å². The highest BCUT2D eigenvalue weighted by Crippen LogP contribution is 2.42. The monoisotopic (exact) mass is 251 g/mol. The highest BCUT2D eigenvalue weighted by Gasteiger charge is 2.27. The van der Waals surface area contributed by atoms with E-state index in [1.165, 1.54) is 28.7 Å². The Morgan fingerprint density at radius 1 is 0.947 bits per heavy atom. The fraction of sp³-hybridized carbons (Fsp3) is 0.333. The molecule has 1 aliphatic carbocycles. The molecule has 0 amide bonds. The Labute approximate surface area is 115 Å². The first-order valence-corrected chi connectivity index (χ1v) is 7.23. The lowest BCUT2D eigenvalue weighted by molar-refractivity contribution is 0.476. The van der Waals surface area contributed by atoms with Gasteiger partial charge in [-0.1, -0.05) is 68.8 Å². The van der Waals surface area contributed by atoms with Crippen LogP contribution in [0.4, 0.5) is 0 Å². The predicted molar refractivity (Wildman–Crippen MR) is 81.2 cm³/mol. The van der Waals surface area contributed by atoms with Gasteiger partial charge in [-0.2, -0.15) is 0 Å². The van der Waals surface area contributed by atoms with Gasteiger partial charge in [0.25, 0.3) is 0 Å². The fourth-order valence-corrected chi connectivity index (χ4v) is 2.84. The molecule has 1 heteroatoms. The minimum absolute atomic E-state index is 0.362. The van der Waals surface area contributed by atoms with E-state index >= 15 is 0 Å². The zero-order chi connectivity index (χ0) is 13.2. The van der Waals surface area contributed by atoms with Crippen molar-refractivity contribution in [2.45, 2.75) is 26.3 Å². The van der Waals surface area contributed by atoms with Crippen LogP contribution in [0.2, 0.25) is 0 Å². The Morgan fingerprint density at radius 3 is 2.00 bits per heavy atom. The smallest absolute Gasteiger partial charge is 0.0589 e. The standard InChI is InChI=1S/C18H21N/c1-3-13(2)12-19-18-16-10-6-4-8-14(16)15-9-5-7-11-17(15)18/h4-11,13,18-19H,3,12H2,1-2H3. The van der Waals surface area contributed by atoms with Crippen LogP contribution >= 0.6 is 0 Å². The van der Waals surface area contributed by atoms with E-state index in [0.717, 1.165) is 12.5 Å². The van der Waals surface area contributed by atoms with E-state index in [9.17, 15) is 0 Å². The highest BCUT2D eigenvalue weighted by molar-refractivity contribution is 5.78. The van der Waals surface area contributed by atoms with Crippen molar-refractivity contribution >= 4 is 0 Å². The Hall–Kier alpha value is -1.60. The van der Waals surface area contributed by atoms with Gasteiger partial charge in [0.1, 0.15) is 0 Å². The molecule has 0 aliphatic heterocycles. The van der Waals surface area contributed by atoms with E-state index in [1.807, 2.05) is 0 Å². The van der Waals surface area contributed by atoms with Gasteiger partial charge in [-0.15, -0.1) is 0 Å². The lowest BCUT2D eigenvalue weighted by Gasteiger charge is -2.18. The summed E-state index contributed by atoms with van der Waals surface area (Å²) in [5.41, 5.74) is 5.62. The van der Waals surface area contributed by atoms with Gasteiger partial charge in [-0.25, -0.2) is 0 Å². The lowest BCUT2D eigenvalue weighted by atomic mass is 10.0. The third-order valence-electron chi connectivity index (χ3n) is 4.20. The summed E-state index contributed by atoms with van der Waals surface area (Å²) >= 11 is 0. The molecule has 0 aromatic heterocycles. The van der Waals surface area contributed by atoms with Crippen LogP contribution in [0.15, 0.2) is 48.5 Å². The SMILES string of the molecule is CCC(C)CNC1c2ccccc2-c2ccccc21. The van der Waals surface area contributed by atoms with Crippen LogP contribution in [0.1, 0.15) is 37.4 Å². The number of rotatable bonds is 4. The molecule has 2 aromatic rings. The van der Waals surface area contributed by atoms with Crippen molar-refractivity contribution in [1.29, 1.82) is 0 Å². The molecule has 19 heavy (non-hydrogen) atoms. The summed E-state index contributed by atoms with van der Waals surface area (Å²) in [5.74, 6) is 0.722. The van der Waals surface area contributed by atoms with Crippen LogP contribution in [-0.4, -0.2) is 6.54 Å². The minimum Gasteiger partial charge on any atom is -0.306 e. The van der Waals surface area contributed by atoms with Crippen molar-refractivity contribution in [2.24, 2.45) is 5.92 Å². The molecule has 2 aromatic carbocycles. The Bertz CT molecular complexity index is 528. The maximum absolute atomic E-state index is 3.74. The van der Waals surface area contributed by atoms with Crippen LogP contribution in [0.5, 0.6) is 0 Å². The Balaban J connectivity index is 1.96. The van der Waals surface area contributed by atoms with Crippen molar-refractivity contribution in [3.63, 3.8) is 0 Å². The minimum atomic E-state index is 0.362. The molecule has 0 saturated carbocycles. The zero-order valence-corrected chi connectivity index (χ0v) is 11.7. The van der Waals surface area contributed by atoms with Crippen molar-refractivity contribution in [2.75, 3.05) is 6.54 Å². The number of hydrogen-bond donors (Lipinski definition) is 1. The van der Waals surface area contributed by atoms with Crippen molar-refractivity contribution in [1.82, 2.24) is 5.32 Å². The average Bonchev–Trinajstić information content (AvgIpc) is 2.79. The van der Waals surface area contributed by atoms with Gasteiger partial charge < -0.3 is 5.32 Å². The van der Waals surface area contributed by atoms with E-state index in [0.29, 0.717) is 6.04 Å². The molecule has 0 heterocycles. The lowest BCUT2D eigenvalue weighted by Crippen LogP contribution is -2.25. The normalized spacial score (nSPS) is 15.1. The molecule has 3 rings (SSSR count). The number of nitrogens with one attached hydrogen (secondary N) is 1. The van der Waals surface area contributed by atoms with Gasteiger partial charge in [0.2, 0.25) is 0 Å². The molecule has 0 radical (unpaired) electrons. The first-order valence-electron chi connectivity index (χ1n) is 7.23. The molecule has 98 valence electrons. The van der Waals surface area contributed by atoms with Gasteiger partial charge in [-0.05, 0) is 34.7 Å². The molecule has 1 aliphatic rings. The van der Waals surface area contributed by atoms with Gasteiger partial charge in [0.05, 0.1) is 6.04 Å². The molecule has 0 bridgehead atoms. The maximum Gasteiger partial charge on any atom is 0.0589 e. The highest BCUT2D eigenvalue weighted by atomic mass is 14.9. The van der Waals surface area contributed by atoms with E-state index in [1.54, 1.807) is 0 Å². The Morgan fingerprint density at radius 2 is 1.47 bits per heavy atom. The van der Waals surface area contributed by atoms with E-state index < -0.39 is 0 Å². The number of benzene rings is 2. The quantitative estimate of drug-likeness (QED) is 0.849. The first kappa shape index (κ1) is 12.4. The maximum atomic E-state index is 3.74. The summed E-state index contributed by atoms with van der Waals surface area (Å²) in [6.45, 7) is 5.63. The van der Waals surface area contributed by atoms with E-state index in [-0.39, 0.29) is 0 Å². The van der Waals surface area contributed by atoms with Crippen LogP contribution in [0.3, 0.4) is 0 Å². The second-order valence-corrected chi connectivity index (χ2v) is 5.53. The molecule has 0 fully saturated rings. The van der Waals surface area contributed by atoms with Gasteiger partial charge in [0.15, 0.2) is 0 Å². The summed E-state index contributed by atoms with van der Waals surface area (Å²) < 4.78 is 0. The van der Waals surface area contributed by atoms with Crippen molar-refractivity contribution < 1.29 is 0 Å². The van der Waals surface area contributed by atoms with Crippen LogP contribution in [0.25, 0.3) is 11.1 Å². The molecule has 1 N–H and O–H groups in total. The molecule has 1 nitrogen and oxygen atoms in total. The molecule has 0 saturated heterocycles. The summed E-state index contributed by atoms with van der Waals surface area (Å²) in [6.07, 6.45) is 1.23. The molecule has 1 unspecified atom stereocenters. The van der Waals surface area contributed by atoms with Crippen LogP contribution in [0, 0.1) is 5.92 Å². The second-order valence-electron chi connectivity index (χ2n) is 5.53. The van der Waals surface area contributed by atoms with Crippen LogP contribution in [-0.2, 0) is 0 Å². The van der Waals surface area contributed by atoms with Gasteiger partial charge in [-0.3, -0.25) is 0 Å². The predicted octanol–water partition coefficient (Wildman–Crippen LogP) is 4.39. The second kappa shape index (κ2) is 5.18. The van der Waals surface area contributed by atoms with Crippen LogP contribution < -0.4 is 5.32 Å². The topological polar surface area (TPSA) is 12.0 Å².